The van der Waals surface area contributed by atoms with E-state index in [0.717, 1.165) is 5.56 Å². The van der Waals surface area contributed by atoms with Gasteiger partial charge in [-0.05, 0) is 43.2 Å². The molecule has 3 aromatic carbocycles. The van der Waals surface area contributed by atoms with Crippen LogP contribution >= 0.6 is 0 Å². The second-order valence-corrected chi connectivity index (χ2v) is 8.47. The lowest BCUT2D eigenvalue weighted by molar-refractivity contribution is -0.141. The van der Waals surface area contributed by atoms with Crippen molar-refractivity contribution < 1.29 is 37.3 Å². The Kier molecular flexibility index (Phi) is 6.19. The number of ether oxygens (including phenoxy) is 5. The van der Waals surface area contributed by atoms with Gasteiger partial charge in [0.15, 0.2) is 11.6 Å². The molecule has 2 atom stereocenters. The van der Waals surface area contributed by atoms with Crippen molar-refractivity contribution in [1.82, 2.24) is 0 Å². The van der Waals surface area contributed by atoms with Gasteiger partial charge in [0, 0.05) is 34.7 Å². The van der Waals surface area contributed by atoms with Gasteiger partial charge in [0.2, 0.25) is 0 Å². The minimum absolute atomic E-state index is 0.0289. The van der Waals surface area contributed by atoms with Crippen molar-refractivity contribution in [3.8, 4) is 28.7 Å². The van der Waals surface area contributed by atoms with Gasteiger partial charge in [-0.25, -0.2) is 8.78 Å². The Bertz CT molecular complexity index is 1270. The smallest absolute Gasteiger partial charge is 0.306 e. The fourth-order valence-electron chi connectivity index (χ4n) is 4.61. The number of esters is 1. The molecule has 1 aliphatic carbocycles. The molecule has 5 rings (SSSR count). The summed E-state index contributed by atoms with van der Waals surface area (Å²) in [4.78, 5) is 11.6. The van der Waals surface area contributed by atoms with E-state index in [9.17, 15) is 13.6 Å². The van der Waals surface area contributed by atoms with Crippen molar-refractivity contribution >= 4 is 5.97 Å². The molecule has 0 unspecified atom stereocenters. The number of rotatable bonds is 7. The van der Waals surface area contributed by atoms with Crippen molar-refractivity contribution in [2.24, 2.45) is 0 Å². The number of carbonyl (C=O) groups excluding carboxylic acids is 1. The number of hydrogen-bond acceptors (Lipinski definition) is 6. The summed E-state index contributed by atoms with van der Waals surface area (Å²) in [7, 11) is 2.81. The van der Waals surface area contributed by atoms with Crippen LogP contribution in [0.4, 0.5) is 8.78 Å². The minimum Gasteiger partial charge on any atom is -0.497 e. The van der Waals surface area contributed by atoms with E-state index in [1.165, 1.54) is 38.5 Å². The zero-order chi connectivity index (χ0) is 24.5. The minimum atomic E-state index is -0.572. The Hall–Kier alpha value is -3.81. The molecule has 2 aliphatic rings. The van der Waals surface area contributed by atoms with Crippen LogP contribution in [0.1, 0.15) is 41.6 Å². The van der Waals surface area contributed by atoms with E-state index in [0.29, 0.717) is 53.6 Å². The largest absolute Gasteiger partial charge is 0.497 e. The first kappa shape index (κ1) is 23.0. The Balaban J connectivity index is 1.36. The van der Waals surface area contributed by atoms with E-state index in [2.05, 4.69) is 0 Å². The number of methoxy groups -OCH3 is 2. The van der Waals surface area contributed by atoms with E-state index >= 15 is 0 Å². The summed E-state index contributed by atoms with van der Waals surface area (Å²) in [6, 6.07) is 12.5. The summed E-state index contributed by atoms with van der Waals surface area (Å²) in [5.74, 6) is 0.627. The Labute approximate surface area is 201 Å². The number of hydrogen-bond donors (Lipinski definition) is 0. The van der Waals surface area contributed by atoms with Gasteiger partial charge in [-0.2, -0.15) is 0 Å². The summed E-state index contributed by atoms with van der Waals surface area (Å²) < 4.78 is 56.8. The summed E-state index contributed by atoms with van der Waals surface area (Å²) in [5.41, 5.74) is 1.97. The molecule has 35 heavy (non-hydrogen) atoms. The lowest BCUT2D eigenvalue weighted by atomic mass is 9.98. The molecule has 0 spiro atoms. The average molecular weight is 482 g/mol. The Morgan fingerprint density at radius 3 is 2.57 bits per heavy atom. The maximum absolute atomic E-state index is 14.9. The van der Waals surface area contributed by atoms with E-state index < -0.39 is 17.7 Å². The molecular formula is C27H24F2O6. The highest BCUT2D eigenvalue weighted by Crippen LogP contribution is 2.44. The molecule has 0 radical (unpaired) electrons. The molecule has 0 amide bonds. The third kappa shape index (κ3) is 4.48. The Morgan fingerprint density at radius 2 is 1.80 bits per heavy atom. The maximum atomic E-state index is 14.9. The normalized spacial score (nSPS) is 17.8. The fraction of sp³-hybridized carbons (Fsp3) is 0.296. The zero-order valence-electron chi connectivity index (χ0n) is 19.3. The SMILES string of the molecule is COC(=O)C[C@@H]1COc2cc(O[C@@H]3CCc4c(Oc5ccc(OC)cc5F)ccc(F)c43)ccc21. The average Bonchev–Trinajstić information content (AvgIpc) is 3.46. The highest BCUT2D eigenvalue weighted by molar-refractivity contribution is 5.71. The third-order valence-electron chi connectivity index (χ3n) is 6.38. The van der Waals surface area contributed by atoms with Crippen LogP contribution in [-0.2, 0) is 16.0 Å². The van der Waals surface area contributed by atoms with Crippen molar-refractivity contribution in [2.45, 2.75) is 31.3 Å². The van der Waals surface area contributed by atoms with Crippen LogP contribution < -0.4 is 18.9 Å². The first-order valence-electron chi connectivity index (χ1n) is 11.3. The second-order valence-electron chi connectivity index (χ2n) is 8.47. The van der Waals surface area contributed by atoms with E-state index in [1.54, 1.807) is 18.2 Å². The molecule has 1 aliphatic heterocycles. The molecule has 182 valence electrons. The van der Waals surface area contributed by atoms with Crippen LogP contribution in [0.3, 0.4) is 0 Å². The van der Waals surface area contributed by atoms with Crippen LogP contribution in [0.2, 0.25) is 0 Å². The molecule has 0 fully saturated rings. The number of halogens is 2. The van der Waals surface area contributed by atoms with E-state index in [-0.39, 0.29) is 24.1 Å². The first-order chi connectivity index (χ1) is 17.0. The highest BCUT2D eigenvalue weighted by atomic mass is 19.1. The molecule has 0 bridgehead atoms. The maximum Gasteiger partial charge on any atom is 0.306 e. The van der Waals surface area contributed by atoms with Crippen LogP contribution in [-0.4, -0.2) is 26.8 Å². The number of fused-ring (bicyclic) bond motifs is 2. The standard InChI is InChI=1S/C27H24F2O6/c1-31-16-4-8-23(21(29)12-16)35-22-10-7-20(28)27-19(22)6-9-24(27)34-17-3-5-18-15(11-26(30)32-2)14-33-25(18)13-17/h3-5,7-8,10,12-13,15,24H,6,9,11,14H2,1-2H3/t15-,24-/m1/s1. The fourth-order valence-corrected chi connectivity index (χ4v) is 4.61. The summed E-state index contributed by atoms with van der Waals surface area (Å²) >= 11 is 0. The monoisotopic (exact) mass is 482 g/mol. The summed E-state index contributed by atoms with van der Waals surface area (Å²) in [6.45, 7) is 0.386. The summed E-state index contributed by atoms with van der Waals surface area (Å²) in [6.07, 6.45) is 0.774. The van der Waals surface area contributed by atoms with Crippen molar-refractivity contribution in [3.05, 3.63) is 76.9 Å². The van der Waals surface area contributed by atoms with Crippen molar-refractivity contribution in [1.29, 1.82) is 0 Å². The lowest BCUT2D eigenvalue weighted by Gasteiger charge is -2.17. The van der Waals surface area contributed by atoms with Gasteiger partial charge in [-0.1, -0.05) is 6.07 Å². The zero-order valence-corrected chi connectivity index (χ0v) is 19.3. The second kappa shape index (κ2) is 9.44. The molecule has 0 N–H and O–H groups in total. The molecular weight excluding hydrogens is 458 g/mol. The first-order valence-corrected chi connectivity index (χ1v) is 11.3. The highest BCUT2D eigenvalue weighted by Gasteiger charge is 2.32. The van der Waals surface area contributed by atoms with Gasteiger partial charge in [0.1, 0.15) is 34.9 Å². The van der Waals surface area contributed by atoms with Gasteiger partial charge in [0.05, 0.1) is 27.2 Å². The van der Waals surface area contributed by atoms with Gasteiger partial charge in [0.25, 0.3) is 0 Å². The molecule has 8 heteroatoms. The van der Waals surface area contributed by atoms with Crippen LogP contribution in [0, 0.1) is 11.6 Å². The quantitative estimate of drug-likeness (QED) is 0.393. The Morgan fingerprint density at radius 1 is 1.00 bits per heavy atom. The predicted octanol–water partition coefficient (Wildman–Crippen LogP) is 5.87. The lowest BCUT2D eigenvalue weighted by Crippen LogP contribution is -2.09. The molecule has 0 saturated carbocycles. The topological polar surface area (TPSA) is 63.2 Å². The molecule has 3 aromatic rings. The molecule has 0 saturated heterocycles. The third-order valence-corrected chi connectivity index (χ3v) is 6.38. The van der Waals surface area contributed by atoms with Gasteiger partial charge >= 0.3 is 5.97 Å². The molecule has 0 aromatic heterocycles. The van der Waals surface area contributed by atoms with Crippen molar-refractivity contribution in [3.63, 3.8) is 0 Å². The van der Waals surface area contributed by atoms with Gasteiger partial charge in [-0.15, -0.1) is 0 Å². The van der Waals surface area contributed by atoms with Crippen LogP contribution in [0.5, 0.6) is 28.7 Å². The van der Waals surface area contributed by atoms with Crippen LogP contribution in [0.25, 0.3) is 0 Å². The molecule has 6 nitrogen and oxygen atoms in total. The van der Waals surface area contributed by atoms with E-state index in [1.807, 2.05) is 6.07 Å². The number of benzene rings is 3. The predicted molar refractivity (Wildman–Crippen MR) is 122 cm³/mol. The van der Waals surface area contributed by atoms with Gasteiger partial charge in [-0.3, -0.25) is 4.79 Å². The van der Waals surface area contributed by atoms with E-state index in [4.69, 9.17) is 23.7 Å². The van der Waals surface area contributed by atoms with Crippen LogP contribution in [0.15, 0.2) is 48.5 Å². The number of carbonyl (C=O) groups is 1. The summed E-state index contributed by atoms with van der Waals surface area (Å²) in [5, 5.41) is 0. The van der Waals surface area contributed by atoms with Crippen molar-refractivity contribution in [2.75, 3.05) is 20.8 Å². The molecule has 1 heterocycles. The van der Waals surface area contributed by atoms with Gasteiger partial charge < -0.3 is 23.7 Å².